The molecule has 194 valence electrons. The summed E-state index contributed by atoms with van der Waals surface area (Å²) < 4.78 is 58.3. The van der Waals surface area contributed by atoms with Gasteiger partial charge >= 0.3 is 5.97 Å². The zero-order valence-electron chi connectivity index (χ0n) is 20.7. The van der Waals surface area contributed by atoms with Gasteiger partial charge in [-0.25, -0.2) is 13.2 Å². The SMILES string of the molecule is CCC(=O)O[C@]1(C(=O)SCF)[C@H](C)C[C@H]2[C@@H]3C[C@H](F)C4=CC(=O)C=C[C@]4(C)[C@@]3(F)[C@@H](OC)C[C@@]21C. The van der Waals surface area contributed by atoms with Gasteiger partial charge in [0.1, 0.15) is 12.2 Å². The second kappa shape index (κ2) is 8.75. The van der Waals surface area contributed by atoms with E-state index in [2.05, 4.69) is 0 Å². The Labute approximate surface area is 208 Å². The summed E-state index contributed by atoms with van der Waals surface area (Å²) in [6.07, 6.45) is 1.43. The summed E-state index contributed by atoms with van der Waals surface area (Å²) >= 11 is 0.444. The average molecular weight is 515 g/mol. The molecule has 0 heterocycles. The molecular formula is C26H33F3O5S. The summed E-state index contributed by atoms with van der Waals surface area (Å²) in [5.41, 5.74) is -6.19. The maximum atomic E-state index is 17.6. The van der Waals surface area contributed by atoms with E-state index in [1.807, 2.05) is 0 Å². The molecule has 9 heteroatoms. The number of halogens is 3. The van der Waals surface area contributed by atoms with Crippen LogP contribution in [0.25, 0.3) is 0 Å². The van der Waals surface area contributed by atoms with Crippen LogP contribution in [0.2, 0.25) is 0 Å². The Hall–Kier alpha value is -1.61. The third-order valence-electron chi connectivity index (χ3n) is 9.48. The molecule has 0 aromatic heterocycles. The van der Waals surface area contributed by atoms with Gasteiger partial charge in [0.2, 0.25) is 5.12 Å². The standard InChI is InChI=1S/C26H33F3O5S/c1-6-21(31)34-26(22(32)35-13-27)14(2)9-16-17-11-19(28)18-10-15(30)7-8-23(18,3)25(17,29)20(33-5)12-24(16,26)4/h7-8,10,14,16-17,19-20H,6,9,11-13H2,1-5H3/t14-,16+,17+,19+,20+,23+,24+,25+,26+/m1/s1. The third-order valence-corrected chi connectivity index (χ3v) is 10.2. The summed E-state index contributed by atoms with van der Waals surface area (Å²) in [6, 6.07) is -0.987. The Bertz CT molecular complexity index is 999. The van der Waals surface area contributed by atoms with Crippen LogP contribution in [0.3, 0.4) is 0 Å². The summed E-state index contributed by atoms with van der Waals surface area (Å²) in [7, 11) is 1.37. The average Bonchev–Trinajstić information content (AvgIpc) is 3.03. The summed E-state index contributed by atoms with van der Waals surface area (Å²) in [4.78, 5) is 38.1. The molecule has 0 bridgehead atoms. The van der Waals surface area contributed by atoms with Crippen LogP contribution in [0.15, 0.2) is 23.8 Å². The van der Waals surface area contributed by atoms with Crippen molar-refractivity contribution in [2.45, 2.75) is 76.9 Å². The first-order valence-electron chi connectivity index (χ1n) is 12.1. The smallest absolute Gasteiger partial charge is 0.306 e. The van der Waals surface area contributed by atoms with Crippen LogP contribution in [0.4, 0.5) is 13.2 Å². The Morgan fingerprint density at radius 3 is 2.51 bits per heavy atom. The van der Waals surface area contributed by atoms with Crippen molar-refractivity contribution in [1.29, 1.82) is 0 Å². The predicted octanol–water partition coefficient (Wildman–Crippen LogP) is 5.08. The Morgan fingerprint density at radius 2 is 1.91 bits per heavy atom. The summed E-state index contributed by atoms with van der Waals surface area (Å²) in [6.45, 7) is 6.73. The zero-order valence-corrected chi connectivity index (χ0v) is 21.6. The molecule has 0 amide bonds. The minimum atomic E-state index is -2.07. The number of thioether (sulfide) groups is 1. The summed E-state index contributed by atoms with van der Waals surface area (Å²) in [5.74, 6) is -2.94. The fraction of sp³-hybridized carbons (Fsp3) is 0.731. The van der Waals surface area contributed by atoms with E-state index in [4.69, 9.17) is 9.47 Å². The molecule has 0 radical (unpaired) electrons. The van der Waals surface area contributed by atoms with Crippen LogP contribution in [0, 0.1) is 28.6 Å². The van der Waals surface area contributed by atoms with Crippen LogP contribution in [0.1, 0.15) is 53.4 Å². The van der Waals surface area contributed by atoms with Gasteiger partial charge in [-0.2, -0.15) is 0 Å². The van der Waals surface area contributed by atoms with Gasteiger partial charge in [0.15, 0.2) is 17.1 Å². The number of rotatable bonds is 5. The lowest BCUT2D eigenvalue weighted by Gasteiger charge is -2.63. The Kier molecular flexibility index (Phi) is 6.61. The number of esters is 1. The number of hydrogen-bond acceptors (Lipinski definition) is 6. The number of alkyl halides is 3. The van der Waals surface area contributed by atoms with Gasteiger partial charge in [-0.3, -0.25) is 14.4 Å². The highest BCUT2D eigenvalue weighted by atomic mass is 32.2. The topological polar surface area (TPSA) is 69.7 Å². The molecule has 0 unspecified atom stereocenters. The molecule has 4 aliphatic carbocycles. The van der Waals surface area contributed by atoms with E-state index in [1.165, 1.54) is 25.3 Å². The fourth-order valence-electron chi connectivity index (χ4n) is 7.84. The zero-order chi connectivity index (χ0) is 26.0. The van der Waals surface area contributed by atoms with E-state index in [0.717, 1.165) is 0 Å². The van der Waals surface area contributed by atoms with Crippen LogP contribution in [0.5, 0.6) is 0 Å². The minimum absolute atomic E-state index is 0.0166. The van der Waals surface area contributed by atoms with Crippen LogP contribution in [-0.2, 0) is 23.9 Å². The maximum Gasteiger partial charge on any atom is 0.306 e. The second-order valence-corrected chi connectivity index (χ2v) is 11.7. The number of ether oxygens (including phenoxy) is 2. The van der Waals surface area contributed by atoms with Gasteiger partial charge in [-0.15, -0.1) is 0 Å². The van der Waals surface area contributed by atoms with Crippen molar-refractivity contribution < 1.29 is 37.0 Å². The maximum absolute atomic E-state index is 17.6. The van der Waals surface area contributed by atoms with E-state index in [1.54, 1.807) is 27.7 Å². The van der Waals surface area contributed by atoms with Gasteiger partial charge in [-0.05, 0) is 61.6 Å². The lowest BCUT2D eigenvalue weighted by molar-refractivity contribution is -0.234. The number of fused-ring (bicyclic) bond motifs is 5. The molecule has 0 aromatic rings. The highest BCUT2D eigenvalue weighted by Gasteiger charge is 2.78. The van der Waals surface area contributed by atoms with Crippen molar-refractivity contribution in [2.75, 3.05) is 13.1 Å². The van der Waals surface area contributed by atoms with Crippen LogP contribution >= 0.6 is 11.8 Å². The number of allylic oxidation sites excluding steroid dienone is 4. The molecule has 4 aliphatic rings. The Morgan fingerprint density at radius 1 is 1.23 bits per heavy atom. The molecule has 9 atom stereocenters. The number of carbonyl (C=O) groups excluding carboxylic acids is 3. The van der Waals surface area contributed by atoms with Crippen molar-refractivity contribution in [3.8, 4) is 0 Å². The lowest BCUT2D eigenvalue weighted by atomic mass is 9.44. The molecular weight excluding hydrogens is 481 g/mol. The number of ketones is 1. The van der Waals surface area contributed by atoms with E-state index >= 15 is 8.78 Å². The predicted molar refractivity (Wildman–Crippen MR) is 126 cm³/mol. The van der Waals surface area contributed by atoms with Gasteiger partial charge < -0.3 is 9.47 Å². The van der Waals surface area contributed by atoms with E-state index in [0.29, 0.717) is 18.2 Å². The first-order chi connectivity index (χ1) is 16.4. The van der Waals surface area contributed by atoms with Crippen molar-refractivity contribution in [3.63, 3.8) is 0 Å². The Balaban J connectivity index is 1.90. The molecule has 3 fully saturated rings. The monoisotopic (exact) mass is 514 g/mol. The normalized spacial score (nSPS) is 46.3. The summed E-state index contributed by atoms with van der Waals surface area (Å²) in [5, 5.41) is -0.608. The van der Waals surface area contributed by atoms with Crippen molar-refractivity contribution in [1.82, 2.24) is 0 Å². The van der Waals surface area contributed by atoms with Gasteiger partial charge in [0.25, 0.3) is 0 Å². The van der Waals surface area contributed by atoms with E-state index < -0.39 is 69.2 Å². The van der Waals surface area contributed by atoms with Crippen molar-refractivity contribution in [3.05, 3.63) is 23.8 Å². The molecule has 0 spiro atoms. The van der Waals surface area contributed by atoms with Gasteiger partial charge in [0, 0.05) is 36.2 Å². The molecule has 4 rings (SSSR count). The molecule has 0 saturated heterocycles. The molecule has 0 aromatic carbocycles. The number of carbonyl (C=O) groups is 3. The van der Waals surface area contributed by atoms with E-state index in [-0.39, 0.29) is 30.6 Å². The first-order valence-corrected chi connectivity index (χ1v) is 13.1. The van der Waals surface area contributed by atoms with Gasteiger partial charge in [-0.1, -0.05) is 26.8 Å². The molecule has 35 heavy (non-hydrogen) atoms. The second-order valence-electron chi connectivity index (χ2n) is 10.8. The first kappa shape index (κ1) is 26.5. The quantitative estimate of drug-likeness (QED) is 0.477. The fourth-order valence-corrected chi connectivity index (χ4v) is 8.63. The number of hydrogen-bond donors (Lipinski definition) is 0. The lowest BCUT2D eigenvalue weighted by Crippen LogP contribution is -2.71. The molecule has 5 nitrogen and oxygen atoms in total. The third kappa shape index (κ3) is 3.29. The molecule has 0 aliphatic heterocycles. The van der Waals surface area contributed by atoms with Crippen molar-refractivity contribution in [2.24, 2.45) is 28.6 Å². The van der Waals surface area contributed by atoms with Crippen LogP contribution < -0.4 is 0 Å². The van der Waals surface area contributed by atoms with Crippen molar-refractivity contribution >= 4 is 28.6 Å². The largest absolute Gasteiger partial charge is 0.449 e. The van der Waals surface area contributed by atoms with Gasteiger partial charge in [0.05, 0.1) is 6.10 Å². The highest BCUT2D eigenvalue weighted by molar-refractivity contribution is 8.13. The highest BCUT2D eigenvalue weighted by Crippen LogP contribution is 2.72. The molecule has 0 N–H and O–H groups in total. The van der Waals surface area contributed by atoms with Crippen LogP contribution in [-0.4, -0.2) is 53.5 Å². The minimum Gasteiger partial charge on any atom is -0.449 e. The number of methoxy groups -OCH3 is 1. The van der Waals surface area contributed by atoms with E-state index in [9.17, 15) is 18.8 Å². The molecule has 3 saturated carbocycles.